The molecule has 1 aromatic carbocycles. The molecule has 0 radical (unpaired) electrons. The Morgan fingerprint density at radius 1 is 1.26 bits per heavy atom. The minimum Gasteiger partial charge on any atom is -0.447 e. The maximum absolute atomic E-state index is 11.7. The summed E-state index contributed by atoms with van der Waals surface area (Å²) in [6.07, 6.45) is -0.395. The first-order valence-electron chi connectivity index (χ1n) is 6.37. The molecule has 1 amide bonds. The van der Waals surface area contributed by atoms with Crippen LogP contribution in [-0.2, 0) is 11.3 Å². The van der Waals surface area contributed by atoms with Crippen LogP contribution < -0.4 is 4.90 Å². The third-order valence-electron chi connectivity index (χ3n) is 2.78. The number of carbonyl (C=O) groups excluding carboxylic acids is 1. The largest absolute Gasteiger partial charge is 0.447 e. The predicted octanol–water partition coefficient (Wildman–Crippen LogP) is 1.70. The van der Waals surface area contributed by atoms with Crippen molar-refractivity contribution in [1.29, 1.82) is 0 Å². The molecule has 0 aliphatic rings. The number of rotatable bonds is 6. The first kappa shape index (κ1) is 15.3. The van der Waals surface area contributed by atoms with Crippen LogP contribution in [-0.4, -0.2) is 50.0 Å². The molecule has 0 fully saturated rings. The molecule has 1 N–H and O–H groups in total. The summed E-state index contributed by atoms with van der Waals surface area (Å²) in [6, 6.07) is 8.03. The minimum atomic E-state index is -0.395. The van der Waals surface area contributed by atoms with Crippen molar-refractivity contribution in [2.45, 2.75) is 13.5 Å². The highest BCUT2D eigenvalue weighted by Gasteiger charge is 2.13. The summed E-state index contributed by atoms with van der Waals surface area (Å²) in [5, 5.41) is 8.64. The highest BCUT2D eigenvalue weighted by Crippen LogP contribution is 2.14. The summed E-state index contributed by atoms with van der Waals surface area (Å²) >= 11 is 0. The van der Waals surface area contributed by atoms with Crippen molar-refractivity contribution in [3.8, 4) is 0 Å². The van der Waals surface area contributed by atoms with Crippen LogP contribution in [0.15, 0.2) is 24.3 Å². The van der Waals surface area contributed by atoms with Crippen molar-refractivity contribution in [2.24, 2.45) is 0 Å². The van der Waals surface area contributed by atoms with Gasteiger partial charge >= 0.3 is 6.09 Å². The van der Waals surface area contributed by atoms with E-state index in [1.165, 1.54) is 0 Å². The number of hydrogen-bond donors (Lipinski definition) is 1. The summed E-state index contributed by atoms with van der Waals surface area (Å²) in [4.78, 5) is 15.3. The van der Waals surface area contributed by atoms with Gasteiger partial charge in [-0.25, -0.2) is 4.79 Å². The fourth-order valence-electron chi connectivity index (χ4n) is 1.65. The van der Waals surface area contributed by atoms with Gasteiger partial charge in [0.25, 0.3) is 0 Å². The van der Waals surface area contributed by atoms with Crippen LogP contribution in [0.1, 0.15) is 12.5 Å². The predicted molar refractivity (Wildman–Crippen MR) is 75.3 cm³/mol. The van der Waals surface area contributed by atoms with Gasteiger partial charge in [-0.15, -0.1) is 0 Å². The van der Waals surface area contributed by atoms with Crippen LogP contribution in [0.5, 0.6) is 0 Å². The highest BCUT2D eigenvalue weighted by molar-refractivity contribution is 5.67. The average molecular weight is 266 g/mol. The molecule has 5 nitrogen and oxygen atoms in total. The van der Waals surface area contributed by atoms with Gasteiger partial charge in [-0.05, 0) is 24.6 Å². The number of amides is 1. The van der Waals surface area contributed by atoms with Gasteiger partial charge in [-0.1, -0.05) is 12.1 Å². The Morgan fingerprint density at radius 2 is 1.89 bits per heavy atom. The van der Waals surface area contributed by atoms with Gasteiger partial charge in [-0.3, -0.25) is 0 Å². The zero-order valence-corrected chi connectivity index (χ0v) is 11.8. The topological polar surface area (TPSA) is 53.0 Å². The third-order valence-corrected chi connectivity index (χ3v) is 2.78. The van der Waals surface area contributed by atoms with Crippen LogP contribution >= 0.6 is 0 Å². The molecule has 0 bridgehead atoms. The molecule has 0 aromatic heterocycles. The van der Waals surface area contributed by atoms with E-state index in [0.29, 0.717) is 13.1 Å². The van der Waals surface area contributed by atoms with Crippen molar-refractivity contribution < 1.29 is 14.6 Å². The molecular weight excluding hydrogens is 244 g/mol. The van der Waals surface area contributed by atoms with Gasteiger partial charge in [0.05, 0.1) is 6.61 Å². The molecule has 5 heteroatoms. The van der Waals surface area contributed by atoms with E-state index < -0.39 is 6.09 Å². The minimum absolute atomic E-state index is 0.0366. The number of nitrogens with zero attached hydrogens (tertiary/aromatic N) is 2. The fraction of sp³-hybridized carbons (Fsp3) is 0.500. The monoisotopic (exact) mass is 266 g/mol. The highest BCUT2D eigenvalue weighted by atomic mass is 16.6. The van der Waals surface area contributed by atoms with Gasteiger partial charge in [0.15, 0.2) is 0 Å². The number of carbonyl (C=O) groups is 1. The van der Waals surface area contributed by atoms with Crippen LogP contribution in [0.25, 0.3) is 0 Å². The molecule has 0 saturated carbocycles. The Bertz CT molecular complexity index is 390. The number of anilines is 1. The van der Waals surface area contributed by atoms with Gasteiger partial charge in [0, 0.05) is 32.9 Å². The zero-order chi connectivity index (χ0) is 14.3. The van der Waals surface area contributed by atoms with Gasteiger partial charge < -0.3 is 19.6 Å². The van der Waals surface area contributed by atoms with Gasteiger partial charge in [-0.2, -0.15) is 0 Å². The fourth-order valence-corrected chi connectivity index (χ4v) is 1.65. The summed E-state index contributed by atoms with van der Waals surface area (Å²) < 4.78 is 4.91. The molecule has 0 atom stereocenters. The van der Waals surface area contributed by atoms with Crippen LogP contribution in [0, 0.1) is 0 Å². The Morgan fingerprint density at radius 3 is 2.37 bits per heavy atom. The van der Waals surface area contributed by atoms with E-state index in [2.05, 4.69) is 0 Å². The van der Waals surface area contributed by atoms with Gasteiger partial charge in [0.2, 0.25) is 0 Å². The van der Waals surface area contributed by atoms with Gasteiger partial charge in [0.1, 0.15) is 6.61 Å². The lowest BCUT2D eigenvalue weighted by Gasteiger charge is -2.20. The molecule has 0 saturated heterocycles. The first-order chi connectivity index (χ1) is 9.08. The second kappa shape index (κ2) is 7.63. The Hall–Kier alpha value is -1.75. The number of benzene rings is 1. The maximum atomic E-state index is 11.7. The Balaban J connectivity index is 2.62. The lowest BCUT2D eigenvalue weighted by Crippen LogP contribution is -2.31. The molecule has 1 aromatic rings. The number of aliphatic hydroxyl groups excluding tert-OH is 1. The Kier molecular flexibility index (Phi) is 6.15. The van der Waals surface area contributed by atoms with E-state index in [4.69, 9.17) is 9.84 Å². The number of aliphatic hydroxyl groups is 1. The molecule has 1 rings (SSSR count). The van der Waals surface area contributed by atoms with E-state index in [1.54, 1.807) is 4.90 Å². The molecular formula is C14H22N2O3. The molecule has 19 heavy (non-hydrogen) atoms. The summed E-state index contributed by atoms with van der Waals surface area (Å²) in [5.74, 6) is 0. The lowest BCUT2D eigenvalue weighted by atomic mass is 10.2. The molecule has 0 spiro atoms. The van der Waals surface area contributed by atoms with E-state index in [1.807, 2.05) is 50.2 Å². The third kappa shape index (κ3) is 4.79. The standard InChI is InChI=1S/C14H22N2O3/c1-4-16(14(18)19-10-9-17)11-12-5-7-13(8-6-12)15(2)3/h5-8,17H,4,9-11H2,1-3H3. The van der Waals surface area contributed by atoms with Crippen molar-refractivity contribution >= 4 is 11.8 Å². The number of ether oxygens (including phenoxy) is 1. The summed E-state index contributed by atoms with van der Waals surface area (Å²) in [5.41, 5.74) is 2.17. The molecule has 0 aliphatic carbocycles. The lowest BCUT2D eigenvalue weighted by molar-refractivity contribution is 0.0836. The quantitative estimate of drug-likeness (QED) is 0.851. The summed E-state index contributed by atoms with van der Waals surface area (Å²) in [6.45, 7) is 2.86. The van der Waals surface area contributed by atoms with E-state index in [-0.39, 0.29) is 13.2 Å². The zero-order valence-electron chi connectivity index (χ0n) is 11.8. The van der Waals surface area contributed by atoms with E-state index in [0.717, 1.165) is 11.3 Å². The SMILES string of the molecule is CCN(Cc1ccc(N(C)C)cc1)C(=O)OCCO. The number of hydrogen-bond acceptors (Lipinski definition) is 4. The average Bonchev–Trinajstić information content (AvgIpc) is 2.42. The smallest absolute Gasteiger partial charge is 0.410 e. The van der Waals surface area contributed by atoms with Crippen LogP contribution in [0.4, 0.5) is 10.5 Å². The molecule has 0 unspecified atom stereocenters. The van der Waals surface area contributed by atoms with Crippen LogP contribution in [0.2, 0.25) is 0 Å². The van der Waals surface area contributed by atoms with Crippen molar-refractivity contribution in [2.75, 3.05) is 38.8 Å². The van der Waals surface area contributed by atoms with Crippen molar-refractivity contribution in [3.63, 3.8) is 0 Å². The molecule has 0 heterocycles. The van der Waals surface area contributed by atoms with Crippen molar-refractivity contribution in [1.82, 2.24) is 4.90 Å². The first-order valence-corrected chi connectivity index (χ1v) is 6.37. The maximum Gasteiger partial charge on any atom is 0.410 e. The second-order valence-electron chi connectivity index (χ2n) is 4.41. The second-order valence-corrected chi connectivity index (χ2v) is 4.41. The van der Waals surface area contributed by atoms with Crippen molar-refractivity contribution in [3.05, 3.63) is 29.8 Å². The molecule has 0 aliphatic heterocycles. The normalized spacial score (nSPS) is 10.1. The summed E-state index contributed by atoms with van der Waals surface area (Å²) in [7, 11) is 3.97. The molecule has 106 valence electrons. The van der Waals surface area contributed by atoms with Crippen LogP contribution in [0.3, 0.4) is 0 Å². The Labute approximate surface area is 114 Å². The van der Waals surface area contributed by atoms with E-state index >= 15 is 0 Å². The van der Waals surface area contributed by atoms with E-state index in [9.17, 15) is 4.79 Å².